The topological polar surface area (TPSA) is 85.3 Å². The number of aliphatic hydroxyl groups excluding tert-OH is 1. The van der Waals surface area contributed by atoms with Crippen molar-refractivity contribution in [3.05, 3.63) is 18.6 Å². The Morgan fingerprint density at radius 1 is 1.40 bits per heavy atom. The Morgan fingerprint density at radius 3 is 2.80 bits per heavy atom. The number of likely N-dealkylation sites (tertiary alicyclic amines) is 1. The number of aliphatic hydroxyl groups is 1. The highest BCUT2D eigenvalue weighted by molar-refractivity contribution is 5.87. The molecule has 2 aliphatic rings. The first-order valence-electron chi connectivity index (χ1n) is 9.06. The number of nitrogens with one attached hydrogen (secondary N) is 1. The lowest BCUT2D eigenvalue weighted by molar-refractivity contribution is -0.139. The number of hydrogen-bond donors (Lipinski definition) is 2. The van der Waals surface area contributed by atoms with Gasteiger partial charge in [-0.15, -0.1) is 0 Å². The molecule has 1 saturated carbocycles. The third-order valence-corrected chi connectivity index (χ3v) is 5.92. The monoisotopic (exact) mass is 343 g/mol. The molecule has 1 saturated heterocycles. The standard InChI is InChI=1S/C18H25N5O2/c1-3-15(24)18(25)23-8-11-6-13(7-12(11)9-23)22(2)17-14-4-5-19-16(14)20-10-21-17/h4-5,10-13,15,24H,3,6-9H2,1-2H3,(H,19,20,21)/t11-,12+,13?,15-/m0/s1. The number of aromatic amines is 1. The molecule has 1 aliphatic carbocycles. The molecule has 25 heavy (non-hydrogen) atoms. The van der Waals surface area contributed by atoms with Gasteiger partial charge in [0.05, 0.1) is 5.39 Å². The predicted octanol–water partition coefficient (Wildman–Crippen LogP) is 1.40. The van der Waals surface area contributed by atoms with E-state index in [-0.39, 0.29) is 5.91 Å². The fraction of sp³-hybridized carbons (Fsp3) is 0.611. The third kappa shape index (κ3) is 2.76. The summed E-state index contributed by atoms with van der Waals surface area (Å²) >= 11 is 0. The quantitative estimate of drug-likeness (QED) is 0.876. The molecule has 2 aromatic rings. The van der Waals surface area contributed by atoms with Crippen LogP contribution in [0.1, 0.15) is 26.2 Å². The molecule has 7 nitrogen and oxygen atoms in total. The normalized spacial score (nSPS) is 26.8. The third-order valence-electron chi connectivity index (χ3n) is 5.92. The first kappa shape index (κ1) is 16.3. The minimum atomic E-state index is -0.847. The van der Waals surface area contributed by atoms with Crippen LogP contribution in [0.25, 0.3) is 11.0 Å². The lowest BCUT2D eigenvalue weighted by Crippen LogP contribution is -2.39. The molecule has 0 aromatic carbocycles. The number of fused-ring (bicyclic) bond motifs is 2. The van der Waals surface area contributed by atoms with Crippen LogP contribution in [0.4, 0.5) is 5.82 Å². The number of carbonyl (C=O) groups is 1. The minimum absolute atomic E-state index is 0.105. The Morgan fingerprint density at radius 2 is 2.12 bits per heavy atom. The second kappa shape index (κ2) is 6.29. The van der Waals surface area contributed by atoms with Gasteiger partial charge < -0.3 is 19.9 Å². The molecular weight excluding hydrogens is 318 g/mol. The summed E-state index contributed by atoms with van der Waals surface area (Å²) in [6, 6.07) is 2.44. The number of rotatable bonds is 4. The zero-order valence-corrected chi connectivity index (χ0v) is 14.7. The van der Waals surface area contributed by atoms with Gasteiger partial charge in [-0.1, -0.05) is 6.92 Å². The molecule has 1 aliphatic heterocycles. The van der Waals surface area contributed by atoms with Crippen LogP contribution in [-0.2, 0) is 4.79 Å². The Hall–Kier alpha value is -2.15. The Bertz CT molecular complexity index is 762. The zero-order chi connectivity index (χ0) is 17.6. The number of H-pyrrole nitrogens is 1. The van der Waals surface area contributed by atoms with Crippen LogP contribution < -0.4 is 4.90 Å². The number of amides is 1. The molecule has 2 fully saturated rings. The second-order valence-corrected chi connectivity index (χ2v) is 7.36. The van der Waals surface area contributed by atoms with Gasteiger partial charge in [-0.3, -0.25) is 4.79 Å². The molecule has 4 rings (SSSR count). The molecular formula is C18H25N5O2. The Balaban J connectivity index is 1.45. The van der Waals surface area contributed by atoms with Gasteiger partial charge >= 0.3 is 0 Å². The number of anilines is 1. The Labute approximate surface area is 147 Å². The van der Waals surface area contributed by atoms with Crippen molar-refractivity contribution in [1.82, 2.24) is 19.9 Å². The number of hydrogen-bond acceptors (Lipinski definition) is 5. The van der Waals surface area contributed by atoms with Crippen LogP contribution in [0.3, 0.4) is 0 Å². The predicted molar refractivity (Wildman–Crippen MR) is 95.2 cm³/mol. The number of aromatic nitrogens is 3. The van der Waals surface area contributed by atoms with Crippen LogP contribution in [0.15, 0.2) is 18.6 Å². The van der Waals surface area contributed by atoms with Gasteiger partial charge in [0.25, 0.3) is 5.91 Å². The molecule has 0 bridgehead atoms. The zero-order valence-electron chi connectivity index (χ0n) is 14.7. The second-order valence-electron chi connectivity index (χ2n) is 7.36. The van der Waals surface area contributed by atoms with Crippen molar-refractivity contribution in [1.29, 1.82) is 0 Å². The van der Waals surface area contributed by atoms with E-state index in [1.54, 1.807) is 6.33 Å². The van der Waals surface area contributed by atoms with Crippen molar-refractivity contribution < 1.29 is 9.90 Å². The summed E-state index contributed by atoms with van der Waals surface area (Å²) in [7, 11) is 2.10. The molecule has 2 aromatic heterocycles. The lowest BCUT2D eigenvalue weighted by Gasteiger charge is -2.28. The van der Waals surface area contributed by atoms with Crippen molar-refractivity contribution in [2.24, 2.45) is 11.8 Å². The molecule has 2 N–H and O–H groups in total. The van der Waals surface area contributed by atoms with E-state index in [1.165, 1.54) is 0 Å². The molecule has 0 spiro atoms. The molecule has 4 atom stereocenters. The molecule has 1 amide bonds. The highest BCUT2D eigenvalue weighted by Crippen LogP contribution is 2.41. The van der Waals surface area contributed by atoms with Crippen LogP contribution in [0, 0.1) is 11.8 Å². The summed E-state index contributed by atoms with van der Waals surface area (Å²) in [5.74, 6) is 1.89. The Kier molecular flexibility index (Phi) is 4.11. The van der Waals surface area contributed by atoms with Gasteiger partial charge in [0.1, 0.15) is 23.9 Å². The van der Waals surface area contributed by atoms with Gasteiger partial charge in [-0.05, 0) is 37.2 Å². The summed E-state index contributed by atoms with van der Waals surface area (Å²) in [5, 5.41) is 10.8. The molecule has 134 valence electrons. The fourth-order valence-electron chi connectivity index (χ4n) is 4.46. The minimum Gasteiger partial charge on any atom is -0.383 e. The van der Waals surface area contributed by atoms with Crippen molar-refractivity contribution in [3.8, 4) is 0 Å². The van der Waals surface area contributed by atoms with E-state index in [0.29, 0.717) is 24.3 Å². The van der Waals surface area contributed by atoms with E-state index in [9.17, 15) is 9.90 Å². The van der Waals surface area contributed by atoms with Crippen molar-refractivity contribution >= 4 is 22.8 Å². The number of nitrogens with zero attached hydrogens (tertiary/aromatic N) is 4. The van der Waals surface area contributed by atoms with Gasteiger partial charge in [-0.2, -0.15) is 0 Å². The van der Waals surface area contributed by atoms with Gasteiger partial charge in [0, 0.05) is 32.4 Å². The highest BCUT2D eigenvalue weighted by atomic mass is 16.3. The summed E-state index contributed by atoms with van der Waals surface area (Å²) in [4.78, 5) is 28.2. The summed E-state index contributed by atoms with van der Waals surface area (Å²) in [6.07, 6.45) is 5.25. The molecule has 0 radical (unpaired) electrons. The van der Waals surface area contributed by atoms with E-state index in [0.717, 1.165) is 42.8 Å². The van der Waals surface area contributed by atoms with Crippen molar-refractivity contribution in [2.75, 3.05) is 25.0 Å². The maximum Gasteiger partial charge on any atom is 0.251 e. The van der Waals surface area contributed by atoms with Crippen molar-refractivity contribution in [2.45, 2.75) is 38.3 Å². The summed E-state index contributed by atoms with van der Waals surface area (Å²) < 4.78 is 0. The summed E-state index contributed by atoms with van der Waals surface area (Å²) in [6.45, 7) is 3.39. The largest absolute Gasteiger partial charge is 0.383 e. The van der Waals surface area contributed by atoms with E-state index in [2.05, 4.69) is 26.9 Å². The lowest BCUT2D eigenvalue weighted by atomic mass is 10.0. The van der Waals surface area contributed by atoms with Crippen molar-refractivity contribution in [3.63, 3.8) is 0 Å². The fourth-order valence-corrected chi connectivity index (χ4v) is 4.46. The van der Waals surface area contributed by atoms with Crippen LogP contribution in [0.2, 0.25) is 0 Å². The van der Waals surface area contributed by atoms with E-state index >= 15 is 0 Å². The maximum absolute atomic E-state index is 12.2. The molecule has 7 heteroatoms. The maximum atomic E-state index is 12.2. The van der Waals surface area contributed by atoms with Crippen LogP contribution >= 0.6 is 0 Å². The SMILES string of the molecule is CC[C@H](O)C(=O)N1C[C@H]2CC(N(C)c3ncnc4[nH]ccc34)C[C@H]2C1. The van der Waals surface area contributed by atoms with Gasteiger partial charge in [0.15, 0.2) is 0 Å². The van der Waals surface area contributed by atoms with Crippen LogP contribution in [-0.4, -0.2) is 63.1 Å². The average Bonchev–Trinajstić information content (AvgIpc) is 3.32. The van der Waals surface area contributed by atoms with E-state index in [4.69, 9.17) is 0 Å². The van der Waals surface area contributed by atoms with Gasteiger partial charge in [-0.25, -0.2) is 9.97 Å². The van der Waals surface area contributed by atoms with Crippen LogP contribution in [0.5, 0.6) is 0 Å². The first-order valence-corrected chi connectivity index (χ1v) is 9.06. The molecule has 3 heterocycles. The molecule has 1 unspecified atom stereocenters. The van der Waals surface area contributed by atoms with E-state index < -0.39 is 6.10 Å². The van der Waals surface area contributed by atoms with Gasteiger partial charge in [0.2, 0.25) is 0 Å². The number of carbonyl (C=O) groups excluding carboxylic acids is 1. The first-order chi connectivity index (χ1) is 12.1. The van der Waals surface area contributed by atoms with E-state index in [1.807, 2.05) is 24.1 Å². The summed E-state index contributed by atoms with van der Waals surface area (Å²) in [5.41, 5.74) is 0.861. The smallest absolute Gasteiger partial charge is 0.251 e. The highest BCUT2D eigenvalue weighted by Gasteiger charge is 2.44. The average molecular weight is 343 g/mol.